The number of thioether (sulfide) groups is 1. The Hall–Kier alpha value is -3.23. The Bertz CT molecular complexity index is 1190. The molecule has 2 aromatic heterocycles. The molecule has 0 bridgehead atoms. The van der Waals surface area contributed by atoms with Crippen molar-refractivity contribution in [3.63, 3.8) is 0 Å². The number of furan rings is 1. The van der Waals surface area contributed by atoms with E-state index in [2.05, 4.69) is 15.5 Å². The van der Waals surface area contributed by atoms with Gasteiger partial charge in [-0.1, -0.05) is 47.6 Å². The molecule has 32 heavy (non-hydrogen) atoms. The van der Waals surface area contributed by atoms with Crippen LogP contribution in [0.2, 0.25) is 5.02 Å². The van der Waals surface area contributed by atoms with Gasteiger partial charge < -0.3 is 19.0 Å². The van der Waals surface area contributed by atoms with Crippen molar-refractivity contribution in [1.29, 1.82) is 0 Å². The fraction of sp³-hybridized carbons (Fsp3) is 0.174. The molecule has 4 rings (SSSR count). The molecule has 0 unspecified atom stereocenters. The topological polar surface area (TPSA) is 82.2 Å². The molecule has 0 aliphatic rings. The lowest BCUT2D eigenvalue weighted by Gasteiger charge is -2.08. The van der Waals surface area contributed by atoms with Crippen molar-refractivity contribution in [3.8, 4) is 5.75 Å². The second-order valence-electron chi connectivity index (χ2n) is 6.93. The standard InChI is InChI=1S/C23H21ClN4O3S/c1-28-21(14-31-20-10-3-2-9-19(20)24)26-27-23(28)32-15-16-6-4-7-17(12-16)22(29)25-13-18-8-5-11-30-18/h2-12H,13-15H2,1H3,(H,25,29). The largest absolute Gasteiger partial charge is 0.484 e. The zero-order chi connectivity index (χ0) is 22.3. The second kappa shape index (κ2) is 10.4. The number of nitrogens with one attached hydrogen (secondary N) is 1. The van der Waals surface area contributed by atoms with Crippen molar-refractivity contribution >= 4 is 29.3 Å². The maximum atomic E-state index is 12.4. The minimum absolute atomic E-state index is 0.147. The highest BCUT2D eigenvalue weighted by molar-refractivity contribution is 7.98. The maximum absolute atomic E-state index is 12.4. The Labute approximate surface area is 194 Å². The molecule has 2 aromatic carbocycles. The van der Waals surface area contributed by atoms with E-state index >= 15 is 0 Å². The van der Waals surface area contributed by atoms with Gasteiger partial charge in [0.2, 0.25) is 0 Å². The zero-order valence-corrected chi connectivity index (χ0v) is 18.9. The minimum Gasteiger partial charge on any atom is -0.484 e. The molecule has 4 aromatic rings. The van der Waals surface area contributed by atoms with Crippen LogP contribution in [0, 0.1) is 0 Å². The summed E-state index contributed by atoms with van der Waals surface area (Å²) in [7, 11) is 1.89. The van der Waals surface area contributed by atoms with E-state index in [-0.39, 0.29) is 12.5 Å². The van der Waals surface area contributed by atoms with Gasteiger partial charge in [-0.05, 0) is 42.0 Å². The normalized spacial score (nSPS) is 10.8. The van der Waals surface area contributed by atoms with Crippen LogP contribution in [0.25, 0.3) is 0 Å². The maximum Gasteiger partial charge on any atom is 0.251 e. The number of rotatable bonds is 9. The summed E-state index contributed by atoms with van der Waals surface area (Å²) < 4.78 is 12.9. The fourth-order valence-corrected chi connectivity index (χ4v) is 4.00. The van der Waals surface area contributed by atoms with Crippen molar-refractivity contribution in [3.05, 3.63) is 94.7 Å². The summed E-state index contributed by atoms with van der Waals surface area (Å²) in [6, 6.07) is 18.4. The molecule has 0 spiro atoms. The molecule has 7 nitrogen and oxygen atoms in total. The number of nitrogens with zero attached hydrogens (tertiary/aromatic N) is 3. The van der Waals surface area contributed by atoms with Gasteiger partial charge in [-0.2, -0.15) is 0 Å². The Balaban J connectivity index is 1.33. The van der Waals surface area contributed by atoms with Crippen LogP contribution in [0.3, 0.4) is 0 Å². The van der Waals surface area contributed by atoms with Gasteiger partial charge in [-0.15, -0.1) is 10.2 Å². The van der Waals surface area contributed by atoms with E-state index in [9.17, 15) is 4.79 Å². The highest BCUT2D eigenvalue weighted by Gasteiger charge is 2.12. The van der Waals surface area contributed by atoms with Gasteiger partial charge in [0.05, 0.1) is 17.8 Å². The van der Waals surface area contributed by atoms with Gasteiger partial charge in [0.25, 0.3) is 5.91 Å². The summed E-state index contributed by atoms with van der Waals surface area (Å²) in [5.74, 6) is 2.51. The molecule has 0 aliphatic carbocycles. The Morgan fingerprint density at radius 1 is 1.16 bits per heavy atom. The van der Waals surface area contributed by atoms with Crippen molar-refractivity contribution in [1.82, 2.24) is 20.1 Å². The average Bonchev–Trinajstić information content (AvgIpc) is 3.46. The van der Waals surface area contributed by atoms with Gasteiger partial charge >= 0.3 is 0 Å². The van der Waals surface area contributed by atoms with E-state index < -0.39 is 0 Å². The molecule has 0 radical (unpaired) electrons. The lowest BCUT2D eigenvalue weighted by Crippen LogP contribution is -2.22. The molecule has 9 heteroatoms. The van der Waals surface area contributed by atoms with Gasteiger partial charge in [-0.3, -0.25) is 4.79 Å². The average molecular weight is 469 g/mol. The Morgan fingerprint density at radius 3 is 2.84 bits per heavy atom. The van der Waals surface area contributed by atoms with Crippen LogP contribution in [0.4, 0.5) is 0 Å². The van der Waals surface area contributed by atoms with Crippen molar-refractivity contribution in [2.45, 2.75) is 24.1 Å². The summed E-state index contributed by atoms with van der Waals surface area (Å²) >= 11 is 7.67. The lowest BCUT2D eigenvalue weighted by molar-refractivity contribution is 0.0948. The SMILES string of the molecule is Cn1c(COc2ccccc2Cl)nnc1SCc1cccc(C(=O)NCc2ccco2)c1. The van der Waals surface area contributed by atoms with E-state index in [0.717, 1.165) is 10.7 Å². The molecule has 0 saturated heterocycles. The number of amides is 1. The molecule has 0 saturated carbocycles. The van der Waals surface area contributed by atoms with Gasteiger partial charge in [0, 0.05) is 18.4 Å². The summed E-state index contributed by atoms with van der Waals surface area (Å²) in [6.45, 7) is 0.613. The number of hydrogen-bond donors (Lipinski definition) is 1. The third-order valence-corrected chi connectivity index (χ3v) is 6.08. The third kappa shape index (κ3) is 5.52. The van der Waals surface area contributed by atoms with E-state index in [0.29, 0.717) is 40.2 Å². The first-order chi connectivity index (χ1) is 15.6. The molecule has 164 valence electrons. The summed E-state index contributed by atoms with van der Waals surface area (Å²) in [4.78, 5) is 12.4. The van der Waals surface area contributed by atoms with E-state index in [1.807, 2.05) is 54.1 Å². The number of para-hydroxylation sites is 1. The monoisotopic (exact) mass is 468 g/mol. The molecule has 2 heterocycles. The number of benzene rings is 2. The summed E-state index contributed by atoms with van der Waals surface area (Å²) in [5.41, 5.74) is 1.61. The Kier molecular flexibility index (Phi) is 7.14. The highest BCUT2D eigenvalue weighted by atomic mass is 35.5. The summed E-state index contributed by atoms with van der Waals surface area (Å²) in [6.07, 6.45) is 1.58. The van der Waals surface area contributed by atoms with E-state index in [1.54, 1.807) is 24.5 Å². The van der Waals surface area contributed by atoms with Gasteiger partial charge in [-0.25, -0.2) is 0 Å². The molecule has 1 N–H and O–H groups in total. The van der Waals surface area contributed by atoms with Gasteiger partial charge in [0.15, 0.2) is 11.0 Å². The zero-order valence-electron chi connectivity index (χ0n) is 17.3. The highest BCUT2D eigenvalue weighted by Crippen LogP contribution is 2.25. The number of aromatic nitrogens is 3. The number of hydrogen-bond acceptors (Lipinski definition) is 6. The van der Waals surface area contributed by atoms with Crippen LogP contribution in [0.15, 0.2) is 76.5 Å². The molecule has 0 aliphatic heterocycles. The van der Waals surface area contributed by atoms with Crippen LogP contribution in [0.5, 0.6) is 5.75 Å². The fourth-order valence-electron chi connectivity index (χ4n) is 2.93. The lowest BCUT2D eigenvalue weighted by atomic mass is 10.1. The quantitative estimate of drug-likeness (QED) is 0.353. The first-order valence-corrected chi connectivity index (χ1v) is 11.2. The van der Waals surface area contributed by atoms with Gasteiger partial charge in [0.1, 0.15) is 18.1 Å². The van der Waals surface area contributed by atoms with Crippen molar-refractivity contribution in [2.75, 3.05) is 0 Å². The van der Waals surface area contributed by atoms with E-state index in [4.69, 9.17) is 20.8 Å². The van der Waals surface area contributed by atoms with Crippen LogP contribution in [-0.2, 0) is 26.0 Å². The van der Waals surface area contributed by atoms with E-state index in [1.165, 1.54) is 11.8 Å². The first kappa shape index (κ1) is 22.0. The molecular weight excluding hydrogens is 448 g/mol. The Morgan fingerprint density at radius 2 is 2.03 bits per heavy atom. The van der Waals surface area contributed by atoms with Crippen molar-refractivity contribution < 1.29 is 13.9 Å². The number of ether oxygens (including phenoxy) is 1. The van der Waals surface area contributed by atoms with Crippen LogP contribution >= 0.6 is 23.4 Å². The third-order valence-electron chi connectivity index (χ3n) is 4.68. The number of halogens is 1. The minimum atomic E-state index is -0.147. The first-order valence-electron chi connectivity index (χ1n) is 9.88. The number of carbonyl (C=O) groups is 1. The number of carbonyl (C=O) groups excluding carboxylic acids is 1. The smallest absolute Gasteiger partial charge is 0.251 e. The summed E-state index contributed by atoms with van der Waals surface area (Å²) in [5, 5.41) is 12.6. The molecular formula is C23H21ClN4O3S. The second-order valence-corrected chi connectivity index (χ2v) is 8.28. The van der Waals surface area contributed by atoms with Crippen LogP contribution in [-0.4, -0.2) is 20.7 Å². The van der Waals surface area contributed by atoms with Crippen molar-refractivity contribution in [2.24, 2.45) is 7.05 Å². The predicted molar refractivity (Wildman–Crippen MR) is 123 cm³/mol. The molecule has 0 atom stereocenters. The van der Waals surface area contributed by atoms with Crippen LogP contribution < -0.4 is 10.1 Å². The van der Waals surface area contributed by atoms with Crippen LogP contribution in [0.1, 0.15) is 27.5 Å². The predicted octanol–water partition coefficient (Wildman–Crippen LogP) is 4.86. The molecule has 1 amide bonds. The molecule has 0 fully saturated rings.